The Morgan fingerprint density at radius 2 is 2.14 bits per heavy atom. The van der Waals surface area contributed by atoms with E-state index in [0.29, 0.717) is 12.1 Å². The average molecular weight is 288 g/mol. The molecule has 0 heterocycles. The first-order valence-electron chi connectivity index (χ1n) is 7.35. The van der Waals surface area contributed by atoms with E-state index in [4.69, 9.17) is 0 Å². The van der Waals surface area contributed by atoms with Gasteiger partial charge in [0.15, 0.2) is 0 Å². The molecule has 0 atom stereocenters. The second kappa shape index (κ2) is 7.02. The molecule has 5 nitrogen and oxygen atoms in total. The van der Waals surface area contributed by atoms with Crippen molar-refractivity contribution in [1.82, 2.24) is 0 Å². The van der Waals surface area contributed by atoms with Crippen LogP contribution in [0.2, 0.25) is 0 Å². The van der Waals surface area contributed by atoms with Gasteiger partial charge in [0.25, 0.3) is 5.69 Å². The fraction of sp³-hybridized carbons (Fsp3) is 0.438. The van der Waals surface area contributed by atoms with Crippen molar-refractivity contribution < 1.29 is 10.1 Å². The molecule has 1 aliphatic carbocycles. The predicted octanol–water partition coefficient (Wildman–Crippen LogP) is 4.55. The lowest BCUT2D eigenvalue weighted by atomic mass is 9.97. The average Bonchev–Trinajstić information content (AvgIpc) is 2.90. The first kappa shape index (κ1) is 15.2. The summed E-state index contributed by atoms with van der Waals surface area (Å²) in [5.41, 5.74) is 3.63. The van der Waals surface area contributed by atoms with Crippen LogP contribution in [0.1, 0.15) is 51.0 Å². The SMILES string of the molecule is CCCCCC1=C(c2cccc([N+](=O)[O-])c2)C(=NO)CC1. The third-order valence-corrected chi connectivity index (χ3v) is 3.85. The van der Waals surface area contributed by atoms with E-state index in [-0.39, 0.29) is 5.69 Å². The maximum absolute atomic E-state index is 10.9. The number of hydrogen-bond donors (Lipinski definition) is 1. The second-order valence-electron chi connectivity index (χ2n) is 5.29. The molecule has 0 bridgehead atoms. The van der Waals surface area contributed by atoms with Crippen molar-refractivity contribution in [1.29, 1.82) is 0 Å². The van der Waals surface area contributed by atoms with E-state index < -0.39 is 4.92 Å². The van der Waals surface area contributed by atoms with Crippen LogP contribution in [0.4, 0.5) is 5.69 Å². The monoisotopic (exact) mass is 288 g/mol. The summed E-state index contributed by atoms with van der Waals surface area (Å²) >= 11 is 0. The van der Waals surface area contributed by atoms with Crippen LogP contribution in [0, 0.1) is 10.1 Å². The van der Waals surface area contributed by atoms with E-state index >= 15 is 0 Å². The van der Waals surface area contributed by atoms with Crippen molar-refractivity contribution in [2.75, 3.05) is 0 Å². The second-order valence-corrected chi connectivity index (χ2v) is 5.29. The molecule has 1 aromatic rings. The molecular formula is C16H20N2O3. The maximum atomic E-state index is 10.9. The quantitative estimate of drug-likeness (QED) is 0.361. The number of unbranched alkanes of at least 4 members (excludes halogenated alkanes) is 2. The van der Waals surface area contributed by atoms with Gasteiger partial charge in [-0.25, -0.2) is 0 Å². The molecule has 21 heavy (non-hydrogen) atoms. The number of nitrogens with zero attached hydrogens (tertiary/aromatic N) is 2. The summed E-state index contributed by atoms with van der Waals surface area (Å²) in [6.45, 7) is 2.16. The molecule has 0 aliphatic heterocycles. The highest BCUT2D eigenvalue weighted by Gasteiger charge is 2.23. The molecule has 1 aliphatic rings. The molecular weight excluding hydrogens is 268 g/mol. The summed E-state index contributed by atoms with van der Waals surface area (Å²) in [7, 11) is 0. The molecule has 1 N–H and O–H groups in total. The summed E-state index contributed by atoms with van der Waals surface area (Å²) in [6.07, 6.45) is 5.96. The summed E-state index contributed by atoms with van der Waals surface area (Å²) < 4.78 is 0. The van der Waals surface area contributed by atoms with Crippen molar-refractivity contribution in [3.05, 3.63) is 45.5 Å². The minimum absolute atomic E-state index is 0.0668. The minimum Gasteiger partial charge on any atom is -0.411 e. The molecule has 0 radical (unpaired) electrons. The van der Waals surface area contributed by atoms with Crippen LogP contribution >= 0.6 is 0 Å². The molecule has 5 heteroatoms. The third kappa shape index (κ3) is 3.48. The van der Waals surface area contributed by atoms with E-state index in [1.807, 2.05) is 6.07 Å². The summed E-state index contributed by atoms with van der Waals surface area (Å²) in [6, 6.07) is 6.56. The zero-order valence-electron chi connectivity index (χ0n) is 12.2. The molecule has 0 unspecified atom stereocenters. The fourth-order valence-electron chi connectivity index (χ4n) is 2.81. The summed E-state index contributed by atoms with van der Waals surface area (Å²) in [5.74, 6) is 0. The number of hydrogen-bond acceptors (Lipinski definition) is 4. The number of oxime groups is 1. The molecule has 0 spiro atoms. The Morgan fingerprint density at radius 1 is 1.33 bits per heavy atom. The minimum atomic E-state index is -0.397. The molecule has 0 aromatic heterocycles. The van der Waals surface area contributed by atoms with Crippen LogP contribution in [0.3, 0.4) is 0 Å². The Hall–Kier alpha value is -2.17. The van der Waals surface area contributed by atoms with Crippen LogP contribution in [0.25, 0.3) is 5.57 Å². The largest absolute Gasteiger partial charge is 0.411 e. The lowest BCUT2D eigenvalue weighted by Crippen LogP contribution is -1.98. The lowest BCUT2D eigenvalue weighted by Gasteiger charge is -2.08. The fourth-order valence-corrected chi connectivity index (χ4v) is 2.81. The molecule has 0 saturated heterocycles. The zero-order valence-corrected chi connectivity index (χ0v) is 12.2. The van der Waals surface area contributed by atoms with Crippen LogP contribution in [-0.4, -0.2) is 15.8 Å². The Labute approximate surface area is 124 Å². The van der Waals surface area contributed by atoms with Gasteiger partial charge in [-0.15, -0.1) is 0 Å². The number of rotatable bonds is 6. The Bertz CT molecular complexity index is 591. The van der Waals surface area contributed by atoms with E-state index in [9.17, 15) is 15.3 Å². The van der Waals surface area contributed by atoms with Gasteiger partial charge < -0.3 is 5.21 Å². The van der Waals surface area contributed by atoms with E-state index in [1.54, 1.807) is 12.1 Å². The van der Waals surface area contributed by atoms with Gasteiger partial charge in [0.05, 0.1) is 10.6 Å². The van der Waals surface area contributed by atoms with Gasteiger partial charge in [0.2, 0.25) is 0 Å². The van der Waals surface area contributed by atoms with E-state index in [0.717, 1.165) is 43.2 Å². The number of benzene rings is 1. The maximum Gasteiger partial charge on any atom is 0.270 e. The van der Waals surface area contributed by atoms with Gasteiger partial charge in [-0.3, -0.25) is 10.1 Å². The van der Waals surface area contributed by atoms with E-state index in [2.05, 4.69) is 12.1 Å². The van der Waals surface area contributed by atoms with Gasteiger partial charge in [-0.1, -0.05) is 42.6 Å². The van der Waals surface area contributed by atoms with Crippen molar-refractivity contribution in [2.45, 2.75) is 45.4 Å². The van der Waals surface area contributed by atoms with Crippen LogP contribution in [-0.2, 0) is 0 Å². The van der Waals surface area contributed by atoms with Crippen molar-refractivity contribution in [2.24, 2.45) is 5.16 Å². The first-order chi connectivity index (χ1) is 10.2. The predicted molar refractivity (Wildman–Crippen MR) is 82.6 cm³/mol. The van der Waals surface area contributed by atoms with Crippen LogP contribution in [0.15, 0.2) is 35.0 Å². The molecule has 0 saturated carbocycles. The van der Waals surface area contributed by atoms with Crippen LogP contribution < -0.4 is 0 Å². The number of allylic oxidation sites excluding steroid dienone is 2. The molecule has 0 fully saturated rings. The molecule has 1 aromatic carbocycles. The Balaban J connectivity index is 2.37. The van der Waals surface area contributed by atoms with Gasteiger partial charge >= 0.3 is 0 Å². The lowest BCUT2D eigenvalue weighted by molar-refractivity contribution is -0.384. The molecule has 2 rings (SSSR count). The summed E-state index contributed by atoms with van der Waals surface area (Å²) in [5, 5.41) is 23.5. The standard InChI is InChI=1S/C16H20N2O3/c1-2-3-4-6-12-9-10-15(17-19)16(12)13-7-5-8-14(11-13)18(20)21/h5,7-8,11,19H,2-4,6,9-10H2,1H3. The third-order valence-electron chi connectivity index (χ3n) is 3.85. The van der Waals surface area contributed by atoms with Crippen LogP contribution in [0.5, 0.6) is 0 Å². The molecule has 0 amide bonds. The topological polar surface area (TPSA) is 75.7 Å². The Morgan fingerprint density at radius 3 is 2.81 bits per heavy atom. The van der Waals surface area contributed by atoms with Gasteiger partial charge in [0, 0.05) is 17.7 Å². The molecule has 112 valence electrons. The van der Waals surface area contributed by atoms with Gasteiger partial charge in [0.1, 0.15) is 0 Å². The smallest absolute Gasteiger partial charge is 0.270 e. The highest BCUT2D eigenvalue weighted by Crippen LogP contribution is 2.35. The van der Waals surface area contributed by atoms with Gasteiger partial charge in [-0.05, 0) is 31.2 Å². The zero-order chi connectivity index (χ0) is 15.2. The normalized spacial score (nSPS) is 16.7. The number of nitro groups is 1. The number of nitro benzene ring substituents is 1. The summed E-state index contributed by atoms with van der Waals surface area (Å²) in [4.78, 5) is 10.5. The van der Waals surface area contributed by atoms with Crippen molar-refractivity contribution in [3.63, 3.8) is 0 Å². The van der Waals surface area contributed by atoms with E-state index in [1.165, 1.54) is 11.6 Å². The first-order valence-corrected chi connectivity index (χ1v) is 7.35. The highest BCUT2D eigenvalue weighted by molar-refractivity contribution is 6.26. The van der Waals surface area contributed by atoms with Gasteiger partial charge in [-0.2, -0.15) is 0 Å². The Kier molecular flexibility index (Phi) is 5.09. The van der Waals surface area contributed by atoms with Crippen molar-refractivity contribution >= 4 is 17.0 Å². The number of non-ortho nitro benzene ring substituents is 1. The van der Waals surface area contributed by atoms with Crippen molar-refractivity contribution in [3.8, 4) is 0 Å². The highest BCUT2D eigenvalue weighted by atomic mass is 16.6.